The number of benzene rings is 2. The van der Waals surface area contributed by atoms with Crippen LogP contribution in [0.25, 0.3) is 0 Å². The minimum absolute atomic E-state index is 0.123. The minimum Gasteiger partial charge on any atom is -0.497 e. The molecular formula is C23H23Cl2N3O2S2. The van der Waals surface area contributed by atoms with Crippen molar-refractivity contribution in [1.29, 1.82) is 0 Å². The Bertz CT molecular complexity index is 1080. The number of hydrogen-bond acceptors (Lipinski definition) is 6. The van der Waals surface area contributed by atoms with Crippen molar-refractivity contribution in [3.05, 3.63) is 69.1 Å². The molecule has 1 amide bonds. The topological polar surface area (TPSA) is 45.7 Å². The lowest BCUT2D eigenvalue weighted by Gasteiger charge is -2.36. The zero-order valence-electron chi connectivity index (χ0n) is 17.6. The van der Waals surface area contributed by atoms with Gasteiger partial charge in [-0.1, -0.05) is 47.1 Å². The first-order valence-corrected chi connectivity index (χ1v) is 12.8. The van der Waals surface area contributed by atoms with E-state index in [4.69, 9.17) is 27.9 Å². The van der Waals surface area contributed by atoms with Gasteiger partial charge in [-0.2, -0.15) is 0 Å². The maximum Gasteiger partial charge on any atom is 0.228 e. The normalized spacial score (nSPS) is 14.0. The molecule has 2 heterocycles. The summed E-state index contributed by atoms with van der Waals surface area (Å²) in [7, 11) is 1.67. The summed E-state index contributed by atoms with van der Waals surface area (Å²) in [5.74, 6) is 1.68. The number of hydrogen-bond donors (Lipinski definition) is 0. The summed E-state index contributed by atoms with van der Waals surface area (Å²) in [6, 6.07) is 13.6. The highest BCUT2D eigenvalue weighted by Crippen LogP contribution is 2.30. The molecule has 4 rings (SSSR count). The van der Waals surface area contributed by atoms with Crippen molar-refractivity contribution < 1.29 is 9.53 Å². The third kappa shape index (κ3) is 5.90. The number of anilines is 1. The van der Waals surface area contributed by atoms with E-state index in [1.165, 1.54) is 0 Å². The Labute approximate surface area is 206 Å². The van der Waals surface area contributed by atoms with Crippen LogP contribution >= 0.6 is 46.3 Å². The molecule has 0 N–H and O–H groups in total. The smallest absolute Gasteiger partial charge is 0.228 e. The quantitative estimate of drug-likeness (QED) is 0.387. The molecule has 9 heteroatoms. The number of carbonyl (C=O) groups is 1. The van der Waals surface area contributed by atoms with E-state index < -0.39 is 0 Å². The van der Waals surface area contributed by atoms with Gasteiger partial charge in [-0.15, -0.1) is 11.3 Å². The zero-order chi connectivity index (χ0) is 22.5. The number of rotatable bonds is 7. The Morgan fingerprint density at radius 3 is 2.72 bits per heavy atom. The average Bonchev–Trinajstić information content (AvgIpc) is 3.26. The predicted molar refractivity (Wildman–Crippen MR) is 134 cm³/mol. The van der Waals surface area contributed by atoms with Crippen molar-refractivity contribution in [3.63, 3.8) is 0 Å². The number of thiazole rings is 1. The summed E-state index contributed by atoms with van der Waals surface area (Å²) < 4.78 is 6.25. The van der Waals surface area contributed by atoms with Gasteiger partial charge in [-0.05, 0) is 29.8 Å². The molecule has 1 aromatic heterocycles. The number of amides is 1. The zero-order valence-corrected chi connectivity index (χ0v) is 20.7. The Morgan fingerprint density at radius 1 is 1.16 bits per heavy atom. The van der Waals surface area contributed by atoms with Crippen LogP contribution in [0.2, 0.25) is 10.0 Å². The van der Waals surface area contributed by atoms with Crippen molar-refractivity contribution in [1.82, 2.24) is 9.88 Å². The molecule has 0 spiro atoms. The Morgan fingerprint density at radius 2 is 1.97 bits per heavy atom. The SMILES string of the molecule is COc1cccc(N2CCN(C(=O)Cc3csc(SCc4ccc(Cl)cc4Cl)n3)CC2)c1. The Kier molecular flexibility index (Phi) is 7.84. The molecule has 0 aliphatic carbocycles. The summed E-state index contributed by atoms with van der Waals surface area (Å²) in [6.45, 7) is 3.02. The van der Waals surface area contributed by atoms with Gasteiger partial charge in [0.25, 0.3) is 0 Å². The highest BCUT2D eigenvalue weighted by molar-refractivity contribution is 8.00. The molecule has 0 radical (unpaired) electrons. The predicted octanol–water partition coefficient (Wildman–Crippen LogP) is 5.64. The number of nitrogens with zero attached hydrogens (tertiary/aromatic N) is 3. The van der Waals surface area contributed by atoms with Gasteiger partial charge < -0.3 is 14.5 Å². The second-order valence-corrected chi connectivity index (χ2v) is 10.3. The summed E-state index contributed by atoms with van der Waals surface area (Å²) in [6.07, 6.45) is 0.331. The number of ether oxygens (including phenoxy) is 1. The van der Waals surface area contributed by atoms with Crippen molar-refractivity contribution in [2.75, 3.05) is 38.2 Å². The Balaban J connectivity index is 1.27. The molecule has 1 saturated heterocycles. The molecule has 0 bridgehead atoms. The van der Waals surface area contributed by atoms with E-state index in [0.29, 0.717) is 35.3 Å². The van der Waals surface area contributed by atoms with Crippen LogP contribution in [-0.2, 0) is 17.0 Å². The largest absolute Gasteiger partial charge is 0.497 e. The maximum absolute atomic E-state index is 12.8. The van der Waals surface area contributed by atoms with Gasteiger partial charge in [0, 0.05) is 59.1 Å². The monoisotopic (exact) mass is 507 g/mol. The van der Waals surface area contributed by atoms with E-state index in [0.717, 1.165) is 40.1 Å². The molecule has 0 atom stereocenters. The van der Waals surface area contributed by atoms with E-state index >= 15 is 0 Å². The molecular weight excluding hydrogens is 485 g/mol. The number of carbonyl (C=O) groups excluding carboxylic acids is 1. The molecule has 0 saturated carbocycles. The van der Waals surface area contributed by atoms with Crippen LogP contribution in [0.15, 0.2) is 52.2 Å². The number of methoxy groups -OCH3 is 1. The standard InChI is InChI=1S/C23H23Cl2N3O2S2/c1-30-20-4-2-3-19(13-20)27-7-9-28(10-8-27)22(29)12-18-15-32-23(26-18)31-14-16-5-6-17(24)11-21(16)25/h2-6,11,13,15H,7-10,12,14H2,1H3. The molecule has 2 aromatic carbocycles. The average molecular weight is 508 g/mol. The second-order valence-electron chi connectivity index (χ2n) is 7.38. The van der Waals surface area contributed by atoms with Crippen LogP contribution in [-0.4, -0.2) is 49.1 Å². The van der Waals surface area contributed by atoms with Gasteiger partial charge in [0.1, 0.15) is 10.1 Å². The summed E-state index contributed by atoms with van der Waals surface area (Å²) in [5.41, 5.74) is 2.96. The van der Waals surface area contributed by atoms with E-state index in [9.17, 15) is 4.79 Å². The van der Waals surface area contributed by atoms with Crippen molar-refractivity contribution in [2.45, 2.75) is 16.5 Å². The number of thioether (sulfide) groups is 1. The summed E-state index contributed by atoms with van der Waals surface area (Å²) >= 11 is 15.4. The van der Waals surface area contributed by atoms with Gasteiger partial charge in [0.15, 0.2) is 0 Å². The molecule has 3 aromatic rings. The summed E-state index contributed by atoms with van der Waals surface area (Å²) in [4.78, 5) is 21.6. The fraction of sp³-hybridized carbons (Fsp3) is 0.304. The van der Waals surface area contributed by atoms with E-state index in [1.54, 1.807) is 36.3 Å². The van der Waals surface area contributed by atoms with Crippen LogP contribution in [0.5, 0.6) is 5.75 Å². The molecule has 1 aliphatic rings. The van der Waals surface area contributed by atoms with Gasteiger partial charge >= 0.3 is 0 Å². The highest BCUT2D eigenvalue weighted by Gasteiger charge is 2.22. The van der Waals surface area contributed by atoms with Gasteiger partial charge in [0.05, 0.1) is 19.2 Å². The lowest BCUT2D eigenvalue weighted by atomic mass is 10.2. The molecule has 1 aliphatic heterocycles. The number of piperazine rings is 1. The summed E-state index contributed by atoms with van der Waals surface area (Å²) in [5, 5.41) is 3.25. The van der Waals surface area contributed by atoms with Gasteiger partial charge in [-0.25, -0.2) is 4.98 Å². The van der Waals surface area contributed by atoms with Crippen molar-refractivity contribution in [2.24, 2.45) is 0 Å². The first-order chi connectivity index (χ1) is 15.5. The van der Waals surface area contributed by atoms with Crippen LogP contribution < -0.4 is 9.64 Å². The van der Waals surface area contributed by atoms with Crippen LogP contribution in [0.4, 0.5) is 5.69 Å². The fourth-order valence-electron chi connectivity index (χ4n) is 3.50. The third-order valence-electron chi connectivity index (χ3n) is 5.28. The third-order valence-corrected chi connectivity index (χ3v) is 7.99. The van der Waals surface area contributed by atoms with Crippen LogP contribution in [0.1, 0.15) is 11.3 Å². The second kappa shape index (κ2) is 10.8. The fourth-order valence-corrected chi connectivity index (χ4v) is 5.91. The molecule has 1 fully saturated rings. The Hall–Kier alpha value is -1.93. The van der Waals surface area contributed by atoms with E-state index in [2.05, 4.69) is 16.0 Å². The van der Waals surface area contributed by atoms with Crippen molar-refractivity contribution >= 4 is 57.9 Å². The first kappa shape index (κ1) is 23.2. The van der Waals surface area contributed by atoms with Crippen LogP contribution in [0, 0.1) is 0 Å². The van der Waals surface area contributed by atoms with Crippen LogP contribution in [0.3, 0.4) is 0 Å². The van der Waals surface area contributed by atoms with E-state index in [1.807, 2.05) is 40.6 Å². The number of halogens is 2. The maximum atomic E-state index is 12.8. The van der Waals surface area contributed by atoms with E-state index in [-0.39, 0.29) is 5.91 Å². The molecule has 5 nitrogen and oxygen atoms in total. The lowest BCUT2D eigenvalue weighted by molar-refractivity contribution is -0.130. The van der Waals surface area contributed by atoms with Gasteiger partial charge in [-0.3, -0.25) is 4.79 Å². The van der Waals surface area contributed by atoms with Gasteiger partial charge in [0.2, 0.25) is 5.91 Å². The molecule has 168 valence electrons. The van der Waals surface area contributed by atoms with Crippen molar-refractivity contribution in [3.8, 4) is 5.75 Å². The lowest BCUT2D eigenvalue weighted by Crippen LogP contribution is -2.49. The molecule has 32 heavy (non-hydrogen) atoms. The first-order valence-electron chi connectivity index (χ1n) is 10.2. The molecule has 0 unspecified atom stereocenters. The highest BCUT2D eigenvalue weighted by atomic mass is 35.5. The number of aromatic nitrogens is 1. The minimum atomic E-state index is 0.123.